The Hall–Kier alpha value is -1.00. The molecule has 82 valence electrons. The molecular weight excluding hydrogens is 200 g/mol. The normalized spacial score (nSPS) is 30.1. The number of hydrogen-bond acceptors (Lipinski definition) is 2. The van der Waals surface area contributed by atoms with Crippen LogP contribution in [0.2, 0.25) is 0 Å². The molecule has 0 atom stereocenters. The number of aliphatic hydroxyl groups is 1. The lowest BCUT2D eigenvalue weighted by Crippen LogP contribution is -2.52. The van der Waals surface area contributed by atoms with E-state index in [9.17, 15) is 8.78 Å². The summed E-state index contributed by atoms with van der Waals surface area (Å²) in [6.45, 7) is 1.50. The van der Waals surface area contributed by atoms with Gasteiger partial charge in [0.2, 0.25) is 0 Å². The Balaban J connectivity index is 2.41. The Morgan fingerprint density at radius 2 is 1.93 bits per heavy atom. The molecule has 2 rings (SSSR count). The molecule has 0 bridgehead atoms. The molecule has 1 aliphatic rings. The Bertz CT molecular complexity index is 400. The van der Waals surface area contributed by atoms with Gasteiger partial charge in [0.25, 0.3) is 0 Å². The Morgan fingerprint density at radius 1 is 1.33 bits per heavy atom. The second-order valence-corrected chi connectivity index (χ2v) is 4.30. The lowest BCUT2D eigenvalue weighted by atomic mass is 9.70. The lowest BCUT2D eigenvalue weighted by Gasteiger charge is -2.42. The van der Waals surface area contributed by atoms with E-state index >= 15 is 0 Å². The highest BCUT2D eigenvalue weighted by molar-refractivity contribution is 5.33. The summed E-state index contributed by atoms with van der Waals surface area (Å²) < 4.78 is 26.8. The van der Waals surface area contributed by atoms with Crippen LogP contribution in [0, 0.1) is 18.6 Å². The molecule has 4 heteroatoms. The van der Waals surface area contributed by atoms with Crippen LogP contribution >= 0.6 is 0 Å². The number of aryl methyl sites for hydroxylation is 1. The van der Waals surface area contributed by atoms with Crippen molar-refractivity contribution in [2.75, 3.05) is 0 Å². The van der Waals surface area contributed by atoms with Crippen molar-refractivity contribution < 1.29 is 13.9 Å². The van der Waals surface area contributed by atoms with Crippen LogP contribution in [0.5, 0.6) is 0 Å². The second-order valence-electron chi connectivity index (χ2n) is 4.30. The molecule has 1 aromatic rings. The van der Waals surface area contributed by atoms with Crippen LogP contribution in [0.1, 0.15) is 24.0 Å². The van der Waals surface area contributed by atoms with E-state index in [1.807, 2.05) is 0 Å². The number of aliphatic hydroxyl groups excluding tert-OH is 1. The van der Waals surface area contributed by atoms with Gasteiger partial charge in [-0.1, -0.05) is 0 Å². The highest BCUT2D eigenvalue weighted by Crippen LogP contribution is 2.40. The molecule has 0 saturated heterocycles. The summed E-state index contributed by atoms with van der Waals surface area (Å²) in [4.78, 5) is 0. The lowest BCUT2D eigenvalue weighted by molar-refractivity contribution is 0.0191. The van der Waals surface area contributed by atoms with Crippen molar-refractivity contribution in [1.29, 1.82) is 0 Å². The van der Waals surface area contributed by atoms with Gasteiger partial charge in [0.05, 0.1) is 6.10 Å². The molecule has 0 heterocycles. The zero-order valence-electron chi connectivity index (χ0n) is 8.43. The highest BCUT2D eigenvalue weighted by Gasteiger charge is 2.43. The van der Waals surface area contributed by atoms with Crippen LogP contribution < -0.4 is 5.73 Å². The minimum atomic E-state index is -0.905. The Morgan fingerprint density at radius 3 is 2.47 bits per heavy atom. The molecule has 0 aliphatic heterocycles. The first-order valence-electron chi connectivity index (χ1n) is 4.85. The third kappa shape index (κ3) is 1.64. The van der Waals surface area contributed by atoms with Gasteiger partial charge in [-0.15, -0.1) is 0 Å². The van der Waals surface area contributed by atoms with Crippen molar-refractivity contribution in [3.05, 3.63) is 34.9 Å². The highest BCUT2D eigenvalue weighted by atomic mass is 19.1. The fourth-order valence-electron chi connectivity index (χ4n) is 2.03. The van der Waals surface area contributed by atoms with Crippen molar-refractivity contribution in [2.24, 2.45) is 5.73 Å². The van der Waals surface area contributed by atoms with Gasteiger partial charge in [0.15, 0.2) is 0 Å². The van der Waals surface area contributed by atoms with Crippen molar-refractivity contribution in [2.45, 2.75) is 31.4 Å². The second kappa shape index (κ2) is 3.25. The minimum absolute atomic E-state index is 0.163. The number of nitrogens with two attached hydrogens (primary N) is 1. The van der Waals surface area contributed by atoms with Gasteiger partial charge < -0.3 is 10.8 Å². The predicted molar refractivity (Wildman–Crippen MR) is 52.2 cm³/mol. The van der Waals surface area contributed by atoms with Crippen molar-refractivity contribution >= 4 is 0 Å². The topological polar surface area (TPSA) is 46.2 Å². The monoisotopic (exact) mass is 213 g/mol. The molecule has 15 heavy (non-hydrogen) atoms. The minimum Gasteiger partial charge on any atom is -0.393 e. The van der Waals surface area contributed by atoms with E-state index in [2.05, 4.69) is 0 Å². The van der Waals surface area contributed by atoms with Crippen LogP contribution in [-0.2, 0) is 5.54 Å². The summed E-state index contributed by atoms with van der Waals surface area (Å²) in [7, 11) is 0. The summed E-state index contributed by atoms with van der Waals surface area (Å²) in [5, 5.41) is 9.16. The van der Waals surface area contributed by atoms with Crippen molar-refractivity contribution in [1.82, 2.24) is 0 Å². The zero-order valence-corrected chi connectivity index (χ0v) is 8.43. The van der Waals surface area contributed by atoms with Gasteiger partial charge in [-0.3, -0.25) is 0 Å². The number of hydrogen-bond donors (Lipinski definition) is 2. The molecular formula is C11H13F2NO. The van der Waals surface area contributed by atoms with E-state index in [1.54, 1.807) is 0 Å². The fraction of sp³-hybridized carbons (Fsp3) is 0.455. The molecule has 1 aromatic carbocycles. The molecule has 1 aliphatic carbocycles. The largest absolute Gasteiger partial charge is 0.393 e. The van der Waals surface area contributed by atoms with Crippen molar-refractivity contribution in [3.8, 4) is 0 Å². The number of halogens is 2. The third-order valence-electron chi connectivity index (χ3n) is 2.98. The predicted octanol–water partition coefficient (Wildman–Crippen LogP) is 1.58. The van der Waals surface area contributed by atoms with E-state index in [4.69, 9.17) is 10.8 Å². The molecule has 3 N–H and O–H groups in total. The average molecular weight is 213 g/mol. The zero-order chi connectivity index (χ0) is 11.2. The van der Waals surface area contributed by atoms with Gasteiger partial charge in [-0.2, -0.15) is 0 Å². The summed E-state index contributed by atoms with van der Waals surface area (Å²) in [6.07, 6.45) is 0.0672. The maximum Gasteiger partial charge on any atom is 0.128 e. The SMILES string of the molecule is Cc1cc(F)c(C2(N)CC(O)C2)cc1F. The van der Waals surface area contributed by atoms with Crippen LogP contribution in [0.15, 0.2) is 12.1 Å². The quantitative estimate of drug-likeness (QED) is 0.744. The number of rotatable bonds is 1. The van der Waals surface area contributed by atoms with Gasteiger partial charge in [-0.05, 0) is 37.5 Å². The molecule has 0 spiro atoms. The number of benzene rings is 1. The first-order chi connectivity index (χ1) is 6.92. The van der Waals surface area contributed by atoms with Gasteiger partial charge in [0, 0.05) is 11.1 Å². The molecule has 0 unspecified atom stereocenters. The van der Waals surface area contributed by atoms with Gasteiger partial charge in [-0.25, -0.2) is 8.78 Å². The van der Waals surface area contributed by atoms with Crippen LogP contribution in [0.4, 0.5) is 8.78 Å². The first kappa shape index (κ1) is 10.5. The molecule has 1 fully saturated rings. The third-order valence-corrected chi connectivity index (χ3v) is 2.98. The summed E-state index contributed by atoms with van der Waals surface area (Å²) >= 11 is 0. The van der Waals surface area contributed by atoms with E-state index in [1.165, 1.54) is 6.92 Å². The standard InChI is InChI=1S/C11H13F2NO/c1-6-2-10(13)8(3-9(6)12)11(14)4-7(15)5-11/h2-3,7,15H,4-5,14H2,1H3. The summed E-state index contributed by atoms with van der Waals surface area (Å²) in [5.41, 5.74) is 5.39. The molecule has 0 radical (unpaired) electrons. The maximum atomic E-state index is 13.5. The Labute approximate surface area is 86.7 Å². The van der Waals surface area contributed by atoms with E-state index < -0.39 is 23.3 Å². The smallest absolute Gasteiger partial charge is 0.128 e. The van der Waals surface area contributed by atoms with Gasteiger partial charge in [0.1, 0.15) is 11.6 Å². The molecule has 0 amide bonds. The fourth-order valence-corrected chi connectivity index (χ4v) is 2.03. The van der Waals surface area contributed by atoms with Crippen LogP contribution in [0.3, 0.4) is 0 Å². The maximum absolute atomic E-state index is 13.5. The molecule has 0 aromatic heterocycles. The van der Waals surface area contributed by atoms with E-state index in [0.29, 0.717) is 0 Å². The first-order valence-corrected chi connectivity index (χ1v) is 4.85. The van der Waals surface area contributed by atoms with Gasteiger partial charge >= 0.3 is 0 Å². The van der Waals surface area contributed by atoms with Crippen LogP contribution in [-0.4, -0.2) is 11.2 Å². The van der Waals surface area contributed by atoms with E-state index in [-0.39, 0.29) is 24.0 Å². The Kier molecular flexibility index (Phi) is 2.28. The summed E-state index contributed by atoms with van der Waals surface area (Å²) in [5.74, 6) is -0.957. The summed E-state index contributed by atoms with van der Waals surface area (Å²) in [6, 6.07) is 2.28. The van der Waals surface area contributed by atoms with E-state index in [0.717, 1.165) is 12.1 Å². The van der Waals surface area contributed by atoms with Crippen molar-refractivity contribution in [3.63, 3.8) is 0 Å². The molecule has 2 nitrogen and oxygen atoms in total. The van der Waals surface area contributed by atoms with Crippen LogP contribution in [0.25, 0.3) is 0 Å². The molecule has 1 saturated carbocycles. The average Bonchev–Trinajstić information content (AvgIpc) is 2.08.